The average molecular weight is 713 g/mol. The van der Waals surface area contributed by atoms with Gasteiger partial charge in [0.1, 0.15) is 5.75 Å². The summed E-state index contributed by atoms with van der Waals surface area (Å²) in [7, 11) is 1.55. The third kappa shape index (κ3) is 8.70. The molecule has 3 N–H and O–H groups in total. The molecule has 12 nitrogen and oxygen atoms in total. The monoisotopic (exact) mass is 712 g/mol. The van der Waals surface area contributed by atoms with E-state index in [1.54, 1.807) is 37.5 Å². The van der Waals surface area contributed by atoms with Crippen LogP contribution in [-0.2, 0) is 16.0 Å². The topological polar surface area (TPSA) is 179 Å². The number of hydrogen-bond acceptors (Lipinski definition) is 7. The van der Waals surface area contributed by atoms with Crippen LogP contribution in [0.2, 0.25) is 0 Å². The van der Waals surface area contributed by atoms with Gasteiger partial charge in [-0.15, -0.1) is 0 Å². The summed E-state index contributed by atoms with van der Waals surface area (Å²) in [6.45, 7) is 1.32. The van der Waals surface area contributed by atoms with Crippen molar-refractivity contribution in [1.29, 1.82) is 0 Å². The molecule has 5 aromatic rings. The van der Waals surface area contributed by atoms with Crippen molar-refractivity contribution in [2.24, 2.45) is 0 Å². The van der Waals surface area contributed by atoms with Crippen molar-refractivity contribution in [3.63, 3.8) is 0 Å². The standard InChI is InChI=1S/C41H32N2O10/c1-25(44)42(33-18-14-31(15-19-33)40(49)50)32-16-12-29(13-17-32)38(46)43(37(45)24-28-5-10-30(11-6-28)39(47)48)36-22-9-27(23-35(36)41(51)52)4-3-26-7-20-34(53-2)21-8-26/h3-23H,24H2,1-2H3,(H,47,48)(H,49,50)(H,51,52). The van der Waals surface area contributed by atoms with Gasteiger partial charge >= 0.3 is 17.9 Å². The molecule has 0 unspecified atom stereocenters. The molecule has 5 aromatic carbocycles. The smallest absolute Gasteiger partial charge is 0.337 e. The molecule has 0 aliphatic carbocycles. The number of nitrogens with zero attached hydrogens (tertiary/aromatic N) is 2. The zero-order chi connectivity index (χ0) is 38.2. The number of hydrogen-bond donors (Lipinski definition) is 3. The number of carbonyl (C=O) groups is 6. The largest absolute Gasteiger partial charge is 0.497 e. The summed E-state index contributed by atoms with van der Waals surface area (Å²) in [5.74, 6) is -5.04. The number of carboxylic acid groups (broad SMARTS) is 3. The van der Waals surface area contributed by atoms with Crippen molar-refractivity contribution in [2.45, 2.75) is 13.3 Å². The molecular formula is C41H32N2O10. The van der Waals surface area contributed by atoms with Gasteiger partial charge in [0.25, 0.3) is 5.91 Å². The highest BCUT2D eigenvalue weighted by Gasteiger charge is 2.29. The van der Waals surface area contributed by atoms with Crippen molar-refractivity contribution in [1.82, 2.24) is 0 Å². The second-order valence-corrected chi connectivity index (χ2v) is 11.7. The van der Waals surface area contributed by atoms with Crippen LogP contribution >= 0.6 is 0 Å². The lowest BCUT2D eigenvalue weighted by Gasteiger charge is -2.24. The number of amides is 3. The number of anilines is 3. The van der Waals surface area contributed by atoms with Crippen LogP contribution in [0.15, 0.2) is 115 Å². The van der Waals surface area contributed by atoms with Crippen molar-refractivity contribution < 1.29 is 48.8 Å². The summed E-state index contributed by atoms with van der Waals surface area (Å²) in [4.78, 5) is 78.2. The van der Waals surface area contributed by atoms with E-state index in [0.29, 0.717) is 28.3 Å². The second kappa shape index (κ2) is 16.1. The third-order valence-electron chi connectivity index (χ3n) is 8.14. The first kappa shape index (κ1) is 36.9. The lowest BCUT2D eigenvalue weighted by molar-refractivity contribution is -0.117. The molecule has 266 valence electrons. The average Bonchev–Trinajstić information content (AvgIpc) is 3.15. The number of aromatic carboxylic acids is 3. The minimum Gasteiger partial charge on any atom is -0.497 e. The van der Waals surface area contributed by atoms with E-state index in [9.17, 15) is 44.1 Å². The van der Waals surface area contributed by atoms with E-state index in [2.05, 4.69) is 0 Å². The van der Waals surface area contributed by atoms with Gasteiger partial charge in [0, 0.05) is 23.9 Å². The Morgan fingerprint density at radius 3 is 1.58 bits per heavy atom. The fourth-order valence-corrected chi connectivity index (χ4v) is 5.45. The molecule has 0 aliphatic heterocycles. The number of rotatable bonds is 12. The number of carbonyl (C=O) groups excluding carboxylic acids is 3. The summed E-state index contributed by atoms with van der Waals surface area (Å²) < 4.78 is 5.18. The molecular weight excluding hydrogens is 680 g/mol. The lowest BCUT2D eigenvalue weighted by Crippen LogP contribution is -2.39. The molecule has 0 spiro atoms. The number of imide groups is 1. The zero-order valence-electron chi connectivity index (χ0n) is 28.4. The Bertz CT molecular complexity index is 2230. The van der Waals surface area contributed by atoms with Crippen LogP contribution in [0.25, 0.3) is 12.2 Å². The van der Waals surface area contributed by atoms with E-state index in [1.165, 1.54) is 96.8 Å². The van der Waals surface area contributed by atoms with Gasteiger partial charge in [-0.25, -0.2) is 19.3 Å². The SMILES string of the molecule is COc1ccc(C=Cc2ccc(N(C(=O)Cc3ccc(C(=O)O)cc3)C(=O)c3ccc(N(C(C)=O)c4ccc(C(=O)O)cc4)cc3)c(C(=O)O)c2)cc1. The van der Waals surface area contributed by atoms with Gasteiger partial charge in [-0.3, -0.25) is 19.3 Å². The highest BCUT2D eigenvalue weighted by atomic mass is 16.5. The van der Waals surface area contributed by atoms with Crippen molar-refractivity contribution in [3.8, 4) is 5.75 Å². The van der Waals surface area contributed by atoms with E-state index < -0.39 is 35.6 Å². The molecule has 0 aromatic heterocycles. The predicted octanol–water partition coefficient (Wildman–Crippen LogP) is 7.06. The van der Waals surface area contributed by atoms with Crippen LogP contribution < -0.4 is 14.5 Å². The van der Waals surface area contributed by atoms with Crippen LogP contribution in [0.3, 0.4) is 0 Å². The Hall–Kier alpha value is -7.34. The Morgan fingerprint density at radius 1 is 0.604 bits per heavy atom. The summed E-state index contributed by atoms with van der Waals surface area (Å²) in [5.41, 5.74) is 1.90. The van der Waals surface area contributed by atoms with Crippen LogP contribution in [0.4, 0.5) is 17.1 Å². The van der Waals surface area contributed by atoms with Crippen molar-refractivity contribution in [2.75, 3.05) is 16.9 Å². The van der Waals surface area contributed by atoms with E-state index in [0.717, 1.165) is 10.5 Å². The first-order valence-electron chi connectivity index (χ1n) is 16.0. The Morgan fingerprint density at radius 2 is 1.09 bits per heavy atom. The van der Waals surface area contributed by atoms with Gasteiger partial charge < -0.3 is 20.1 Å². The molecule has 3 amide bonds. The summed E-state index contributed by atoms with van der Waals surface area (Å²) in [6, 6.07) is 28.3. The molecule has 53 heavy (non-hydrogen) atoms. The quantitative estimate of drug-likeness (QED) is 0.113. The fourth-order valence-electron chi connectivity index (χ4n) is 5.45. The van der Waals surface area contributed by atoms with Gasteiger partial charge in [0.05, 0.1) is 35.9 Å². The van der Waals surface area contributed by atoms with Crippen LogP contribution in [0.5, 0.6) is 5.75 Å². The molecule has 0 saturated heterocycles. The first-order valence-corrected chi connectivity index (χ1v) is 16.0. The Labute approximate surface area is 303 Å². The summed E-state index contributed by atoms with van der Waals surface area (Å²) in [5, 5.41) is 28.8. The number of ether oxygens (including phenoxy) is 1. The molecule has 0 bridgehead atoms. The van der Waals surface area contributed by atoms with Crippen molar-refractivity contribution >= 4 is 64.8 Å². The molecule has 0 heterocycles. The number of carboxylic acids is 3. The maximum Gasteiger partial charge on any atom is 0.337 e. The van der Waals surface area contributed by atoms with Gasteiger partial charge in [0.15, 0.2) is 0 Å². The number of benzene rings is 5. The highest BCUT2D eigenvalue weighted by Crippen LogP contribution is 2.30. The molecule has 0 atom stereocenters. The molecule has 0 aliphatic rings. The summed E-state index contributed by atoms with van der Waals surface area (Å²) in [6.07, 6.45) is 3.08. The van der Waals surface area contributed by atoms with Crippen molar-refractivity contribution in [3.05, 3.63) is 154 Å². The van der Waals surface area contributed by atoms with Crippen LogP contribution in [0.1, 0.15) is 65.0 Å². The zero-order valence-corrected chi connectivity index (χ0v) is 28.4. The van der Waals surface area contributed by atoms with E-state index >= 15 is 0 Å². The first-order chi connectivity index (χ1) is 25.4. The van der Waals surface area contributed by atoms with Gasteiger partial charge in [-0.1, -0.05) is 42.5 Å². The van der Waals surface area contributed by atoms with E-state index in [4.69, 9.17) is 4.74 Å². The maximum absolute atomic E-state index is 14.2. The molecule has 0 saturated carbocycles. The minimum absolute atomic E-state index is 0.00176. The second-order valence-electron chi connectivity index (χ2n) is 11.7. The van der Waals surface area contributed by atoms with Gasteiger partial charge in [-0.05, 0) is 102 Å². The molecule has 0 radical (unpaired) electrons. The molecule has 5 rings (SSSR count). The van der Waals surface area contributed by atoms with Gasteiger partial charge in [-0.2, -0.15) is 0 Å². The minimum atomic E-state index is -1.39. The predicted molar refractivity (Wildman–Crippen MR) is 197 cm³/mol. The Kier molecular flexibility index (Phi) is 11.2. The molecule has 12 heteroatoms. The molecule has 0 fully saturated rings. The normalized spacial score (nSPS) is 10.8. The highest BCUT2D eigenvalue weighted by molar-refractivity contribution is 6.23. The van der Waals surface area contributed by atoms with Gasteiger partial charge in [0.2, 0.25) is 11.8 Å². The van der Waals surface area contributed by atoms with E-state index in [-0.39, 0.29) is 34.4 Å². The summed E-state index contributed by atoms with van der Waals surface area (Å²) >= 11 is 0. The van der Waals surface area contributed by atoms with E-state index in [1.807, 2.05) is 12.1 Å². The van der Waals surface area contributed by atoms with Crippen LogP contribution in [0, 0.1) is 0 Å². The third-order valence-corrected chi connectivity index (χ3v) is 8.14. The van der Waals surface area contributed by atoms with Crippen LogP contribution in [-0.4, -0.2) is 58.1 Å². The lowest BCUT2D eigenvalue weighted by atomic mass is 10.0. The maximum atomic E-state index is 14.2. The Balaban J connectivity index is 1.52. The number of methoxy groups -OCH3 is 1. The fraction of sp³-hybridized carbons (Fsp3) is 0.0732.